The minimum Gasteiger partial charge on any atom is -0.870 e. The fraction of sp³-hybridized carbons (Fsp3) is 0.826. The van der Waals surface area contributed by atoms with Crippen LogP contribution in [0.1, 0.15) is 232 Å². The van der Waals surface area contributed by atoms with E-state index in [1.165, 1.54) is 21.3 Å². The van der Waals surface area contributed by atoms with Crippen LogP contribution in [-0.4, -0.2) is 184 Å². The Morgan fingerprint density at radius 3 is 1.33 bits per heavy atom. The van der Waals surface area contributed by atoms with Crippen LogP contribution >= 0.6 is 0 Å². The van der Waals surface area contributed by atoms with Gasteiger partial charge in [0.05, 0.1) is 30.5 Å². The van der Waals surface area contributed by atoms with E-state index in [1.54, 1.807) is 45.6 Å². The number of nitriles is 1. The second kappa shape index (κ2) is 43.0. The summed E-state index contributed by atoms with van der Waals surface area (Å²) in [6.07, 6.45) is 21.4. The number of allylic oxidation sites excluding steroid dienone is 3. The summed E-state index contributed by atoms with van der Waals surface area (Å²) < 4.78 is 48.8. The molecular formula is C92H150N2Na2O23. The van der Waals surface area contributed by atoms with Crippen molar-refractivity contribution in [1.29, 1.82) is 5.26 Å². The summed E-state index contributed by atoms with van der Waals surface area (Å²) in [5, 5.41) is 56.2. The molecule has 1 amide bonds. The number of carbonyl (C=O) groups is 7. The van der Waals surface area contributed by atoms with Crippen molar-refractivity contribution in [2.45, 2.75) is 288 Å². The van der Waals surface area contributed by atoms with Crippen molar-refractivity contribution in [2.24, 2.45) is 142 Å². The van der Waals surface area contributed by atoms with Gasteiger partial charge in [-0.1, -0.05) is 107 Å². The number of ether oxygens (including phenoxy) is 9. The molecule has 0 aromatic carbocycles. The molecule has 8 bridgehead atoms. The Hall–Kier alpha value is -3.34. The minimum absolute atomic E-state index is 0. The number of nitrogens with zero attached hydrogens (tertiary/aromatic N) is 1. The summed E-state index contributed by atoms with van der Waals surface area (Å²) in [5.74, 6) is 1.21. The maximum atomic E-state index is 13.6. The van der Waals surface area contributed by atoms with E-state index in [0.717, 1.165) is 96.3 Å². The summed E-state index contributed by atoms with van der Waals surface area (Å²) >= 11 is 0. The quantitative estimate of drug-likeness (QED) is 0.0305. The van der Waals surface area contributed by atoms with Crippen LogP contribution in [-0.2, 0) is 71.4 Å². The Balaban J connectivity index is 0.000000390. The summed E-state index contributed by atoms with van der Waals surface area (Å²) in [5.41, 5.74) is 1.16. The van der Waals surface area contributed by atoms with Gasteiger partial charge in [0.1, 0.15) is 54.7 Å². The molecule has 0 heterocycles. The number of hydrogen-bond acceptors (Lipinski definition) is 23. The number of hydrogen-bond donors (Lipinski definition) is 5. The van der Waals surface area contributed by atoms with E-state index in [1.807, 2.05) is 27.7 Å². The van der Waals surface area contributed by atoms with Gasteiger partial charge in [-0.05, 0) is 193 Å². The van der Waals surface area contributed by atoms with Gasteiger partial charge < -0.3 is 84.9 Å². The summed E-state index contributed by atoms with van der Waals surface area (Å²) in [4.78, 5) is 89.6. The van der Waals surface area contributed by atoms with Crippen molar-refractivity contribution in [3.8, 4) is 6.26 Å². The van der Waals surface area contributed by atoms with Gasteiger partial charge in [-0.15, -0.1) is 26.3 Å². The van der Waals surface area contributed by atoms with Crippen molar-refractivity contribution in [1.82, 2.24) is 0 Å². The number of esters is 2. The maximum Gasteiger partial charge on any atom is 1.00 e. The third-order valence-corrected chi connectivity index (χ3v) is 34.8. The number of aliphatic hydroxyl groups is 4. The first-order valence-electron chi connectivity index (χ1n) is 42.6. The number of Topliss-reactive ketones (excluding diaryl/α,β-unsaturated/α-hetero) is 4. The molecule has 119 heavy (non-hydrogen) atoms. The van der Waals surface area contributed by atoms with E-state index < -0.39 is 95.3 Å². The number of amides is 1. The zero-order chi connectivity index (χ0) is 86.7. The monoisotopic (exact) mass is 1700 g/mol. The molecule has 0 aromatic rings. The fourth-order valence-corrected chi connectivity index (χ4v) is 27.2. The molecule has 0 radical (unpaired) electrons. The second-order valence-corrected chi connectivity index (χ2v) is 39.0. The molecule has 12 aliphatic carbocycles. The van der Waals surface area contributed by atoms with Crippen molar-refractivity contribution < 1.29 is 172 Å². The average molecular weight is 1700 g/mol. The molecule has 0 saturated heterocycles. The number of nitrogens with two attached hydrogens (primary N) is 1. The van der Waals surface area contributed by atoms with E-state index in [0.29, 0.717) is 56.1 Å². The molecule has 12 aliphatic rings. The van der Waals surface area contributed by atoms with Gasteiger partial charge in [-0.3, -0.25) is 19.2 Å². The molecule has 1 unspecified atom stereocenters. The molecule has 9 N–H and O–H groups in total. The third kappa shape index (κ3) is 19.3. The van der Waals surface area contributed by atoms with Crippen LogP contribution in [0.5, 0.6) is 0 Å². The first kappa shape index (κ1) is 110. The number of rotatable bonds is 15. The van der Waals surface area contributed by atoms with Crippen LogP contribution in [0, 0.1) is 148 Å². The average Bonchev–Trinajstić information content (AvgIpc) is 1.64. The molecule has 12 saturated carbocycles. The van der Waals surface area contributed by atoms with E-state index >= 15 is 0 Å². The van der Waals surface area contributed by atoms with Crippen molar-refractivity contribution in [3.05, 3.63) is 50.6 Å². The molecule has 0 aromatic heterocycles. The Kier molecular flexibility index (Phi) is 39.7. The smallest absolute Gasteiger partial charge is 0.870 e. The predicted octanol–water partition coefficient (Wildman–Crippen LogP) is 6.17. The van der Waals surface area contributed by atoms with Crippen LogP contribution in [0.4, 0.5) is 4.79 Å². The van der Waals surface area contributed by atoms with Gasteiger partial charge in [0.15, 0.2) is 0 Å². The van der Waals surface area contributed by atoms with Crippen LogP contribution < -0.4 is 70.0 Å². The molecule has 12 rings (SSSR count). The first-order chi connectivity index (χ1) is 53.8. The Morgan fingerprint density at radius 2 is 0.899 bits per heavy atom. The summed E-state index contributed by atoms with van der Waals surface area (Å²) in [7, 11) is 9.83. The van der Waals surface area contributed by atoms with E-state index in [4.69, 9.17) is 44.5 Å². The second-order valence-electron chi connectivity index (χ2n) is 39.0. The van der Waals surface area contributed by atoms with Gasteiger partial charge in [0.25, 0.3) is 6.48 Å². The Bertz CT molecular complexity index is 3540. The molecule has 25 nitrogen and oxygen atoms in total. The zero-order valence-corrected chi connectivity index (χ0v) is 80.6. The van der Waals surface area contributed by atoms with Crippen LogP contribution in [0.3, 0.4) is 0 Å². The van der Waals surface area contributed by atoms with Gasteiger partial charge in [0, 0.05) is 142 Å². The molecular weight excluding hydrogens is 1550 g/mol. The van der Waals surface area contributed by atoms with Crippen LogP contribution in [0.15, 0.2) is 50.6 Å². The first-order valence-corrected chi connectivity index (χ1v) is 42.6. The zero-order valence-electron chi connectivity index (χ0n) is 76.6. The molecule has 0 aliphatic heterocycles. The summed E-state index contributed by atoms with van der Waals surface area (Å²) in [6, 6.07) is 0. The normalized spacial score (nSPS) is 44.9. The molecule has 32 atom stereocenters. The molecule has 0 spiro atoms. The van der Waals surface area contributed by atoms with Gasteiger partial charge in [-0.25, -0.2) is 19.6 Å². The van der Waals surface area contributed by atoms with Gasteiger partial charge >= 0.3 is 77.1 Å². The molecule has 12 fully saturated rings. The van der Waals surface area contributed by atoms with E-state index in [9.17, 15) is 54.0 Å². The van der Waals surface area contributed by atoms with E-state index in [-0.39, 0.29) is 203 Å². The van der Waals surface area contributed by atoms with Crippen molar-refractivity contribution in [3.63, 3.8) is 0 Å². The third-order valence-electron chi connectivity index (χ3n) is 34.8. The largest absolute Gasteiger partial charge is 1.00 e. The topological polar surface area (TPSA) is 418 Å². The molecule has 27 heteroatoms. The number of carbonyl (C=O) groups excluding carboxylic acids is 7. The van der Waals surface area contributed by atoms with Gasteiger partial charge in [0.2, 0.25) is 0 Å². The fourth-order valence-electron chi connectivity index (χ4n) is 27.2. The van der Waals surface area contributed by atoms with Crippen LogP contribution in [0.25, 0.3) is 0 Å². The predicted molar refractivity (Wildman–Crippen MR) is 439 cm³/mol. The van der Waals surface area contributed by atoms with Gasteiger partial charge in [-0.2, -0.15) is 0 Å². The summed E-state index contributed by atoms with van der Waals surface area (Å²) in [6.45, 7) is 45.6. The Labute approximate surface area is 755 Å². The number of primary amides is 1. The van der Waals surface area contributed by atoms with Crippen molar-refractivity contribution >= 4 is 41.2 Å². The number of aliphatic hydroxyl groups excluding tert-OH is 4. The van der Waals surface area contributed by atoms with E-state index in [2.05, 4.69) is 117 Å². The number of ketones is 4. The minimum atomic E-state index is -0.774. The maximum absolute atomic E-state index is 13.6. The van der Waals surface area contributed by atoms with Crippen LogP contribution in [0.2, 0.25) is 0 Å². The number of methoxy groups -OCH3 is 6. The SMILES string of the molecule is C=C[C@]1(C)C[C@@H](O)[C@]2(C)[C@H](C)CC[C@]3(CC[C@@H](OC)[C@@H]32)[C@@H](C)C1=O.C=C[C@]1(C)C[C@@H](OC(=O)CO)C2[C@H](C)CC[C@]3(CC[C@@H](OC)[C@H]23)[C@@H](C)C1=O.C=C[C@]1(C)C[C@@H](OC(=O)CO)[C@]2(C)[C@H](C)CC[C@]3(CCC(=O)[C@H]32)[C@@H](C)[C@@H]1O.C=C[C@]1(C)C[C@@H](OC(N)=O)[C@]2(C)[C@H](C)CC[C@]3(CC[C@@H](OC)[C@@H]32)[C@@H](C)C1=O.COC(OC)OC.N#C[O-].O.[Na+].[Na+].[OH-]. The van der Waals surface area contributed by atoms with Crippen molar-refractivity contribution in [2.75, 3.05) is 55.9 Å². The molecule has 668 valence electrons. The Morgan fingerprint density at radius 1 is 0.521 bits per heavy atom. The standard InChI is InChI=1S/C22H35NO4.2C22H34O5.C21H34O3.C4H10O3.CHNO.2Na.2H2O/c1-7-20(4)12-16(27-19(23)25)21(5)13(2)8-10-22(14(3)18(20)24)11-9-15(26-6)17(21)22;1-6-20(4)11-16(27-17(25)12-23)21(5)13(2)7-9-22(14(3)19(20)26)10-8-15(24)18(21)22;1-6-21(4)11-16(27-17(24)12-23)18-13(2)7-9-22(14(3)20(21)25)10-8-15(26-5)19(18)22;1-7-19(4)12-16(22)20(5)13(2)8-10-21(14(3)18(19)23)11-9-15(24-6)17(20)21;1-5-4(6-2)7-3;2-1-3;;;;/h7,13-17H,1,8-12H2,2-6H3,(H2,23,25);6,13-14,16,18-19,23,26H,1,7-12H2,2-5H3;6,13-16,18-19,23H,1,7-12H2,2-5H3;7,13-17,22H,1,8-12H2,2-6H3;4H,1-3H3;3H;;;2*1H2/q;;;;;;2*+1;;/p-2/t13-,14+,15-,16-,17-,20-,21+,22+;13-,14+,16-,18+,19+,20-,21+,22+;13-,14+,15-,16-,18?,19-,21-,22+;13-,14+,15-,16-,17-,19-,20+,21+;;;;;;/m1111....../s1.